The van der Waals surface area contributed by atoms with Gasteiger partial charge in [-0.3, -0.25) is 0 Å². The Kier molecular flexibility index (Phi) is 4.36. The molecule has 0 bridgehead atoms. The average Bonchev–Trinajstić information content (AvgIpc) is 2.87. The van der Waals surface area contributed by atoms with E-state index in [1.165, 1.54) is 0 Å². The van der Waals surface area contributed by atoms with Gasteiger partial charge in [0.1, 0.15) is 23.2 Å². The minimum Gasteiger partial charge on any atom is -0.360 e. The van der Waals surface area contributed by atoms with Crippen LogP contribution in [0.4, 0.5) is 23.1 Å². The number of hydrogen-bond donors (Lipinski definition) is 2. The Bertz CT molecular complexity index is 850. The molecule has 6 nitrogen and oxygen atoms in total. The summed E-state index contributed by atoms with van der Waals surface area (Å²) in [6.07, 6.45) is 0. The summed E-state index contributed by atoms with van der Waals surface area (Å²) in [7, 11) is 0. The molecule has 0 fully saturated rings. The Labute approximate surface area is 142 Å². The minimum absolute atomic E-state index is 0.471. The molecule has 0 aliphatic carbocycles. The van der Waals surface area contributed by atoms with Gasteiger partial charge in [0.25, 0.3) is 0 Å². The number of nitrogens with one attached hydrogen (secondary N) is 2. The molecule has 3 aromatic rings. The summed E-state index contributed by atoms with van der Waals surface area (Å²) in [4.78, 5) is 8.67. The second kappa shape index (κ2) is 6.44. The molecule has 0 unspecified atom stereocenters. The van der Waals surface area contributed by atoms with Crippen LogP contribution >= 0.6 is 23.2 Å². The Hall–Kier alpha value is -2.31. The molecule has 0 aliphatic rings. The number of benzene rings is 1. The summed E-state index contributed by atoms with van der Waals surface area (Å²) in [5.74, 6) is 3.14. The highest BCUT2D eigenvalue weighted by atomic mass is 35.5. The molecule has 8 heteroatoms. The van der Waals surface area contributed by atoms with Crippen molar-refractivity contribution in [2.24, 2.45) is 0 Å². The minimum atomic E-state index is 0.471. The van der Waals surface area contributed by atoms with Gasteiger partial charge in [0.15, 0.2) is 5.82 Å². The highest BCUT2D eigenvalue weighted by Gasteiger charge is 2.07. The third kappa shape index (κ3) is 3.91. The van der Waals surface area contributed by atoms with E-state index in [9.17, 15) is 0 Å². The average molecular weight is 350 g/mol. The first kappa shape index (κ1) is 15.6. The van der Waals surface area contributed by atoms with Gasteiger partial charge < -0.3 is 15.2 Å². The fraction of sp³-hybridized carbons (Fsp3) is 0.133. The van der Waals surface area contributed by atoms with Crippen molar-refractivity contribution in [2.75, 3.05) is 10.6 Å². The van der Waals surface area contributed by atoms with Gasteiger partial charge in [-0.25, -0.2) is 9.97 Å². The lowest BCUT2D eigenvalue weighted by Gasteiger charge is -2.09. The van der Waals surface area contributed by atoms with Crippen LogP contribution in [0.2, 0.25) is 10.0 Å². The number of rotatable bonds is 4. The van der Waals surface area contributed by atoms with Crippen molar-refractivity contribution in [3.63, 3.8) is 0 Å². The summed E-state index contributed by atoms with van der Waals surface area (Å²) in [6.45, 7) is 3.62. The molecule has 1 aromatic carbocycles. The smallest absolute Gasteiger partial charge is 0.175 e. The van der Waals surface area contributed by atoms with Crippen molar-refractivity contribution < 1.29 is 4.52 Å². The standard InChI is InChI=1S/C15H13Cl2N5O/c1-8-5-15(22-23-8)21-14-7-13(18-9(2)19-14)20-10-3-4-11(16)12(17)6-10/h3-7H,1-2H3,(H2,18,19,20,21,22). The zero-order chi connectivity index (χ0) is 16.4. The van der Waals surface area contributed by atoms with Gasteiger partial charge in [0, 0.05) is 17.8 Å². The fourth-order valence-corrected chi connectivity index (χ4v) is 2.27. The van der Waals surface area contributed by atoms with E-state index in [0.29, 0.717) is 39.1 Å². The number of aryl methyl sites for hydroxylation is 2. The number of halogens is 2. The summed E-state index contributed by atoms with van der Waals surface area (Å²) < 4.78 is 5.02. The Morgan fingerprint density at radius 1 is 0.870 bits per heavy atom. The van der Waals surface area contributed by atoms with Crippen molar-refractivity contribution in [3.8, 4) is 0 Å². The predicted octanol–water partition coefficient (Wildman–Crippen LogP) is 4.88. The third-order valence-corrected chi connectivity index (χ3v) is 3.65. The Morgan fingerprint density at radius 2 is 1.61 bits per heavy atom. The van der Waals surface area contributed by atoms with E-state index in [-0.39, 0.29) is 0 Å². The van der Waals surface area contributed by atoms with E-state index in [2.05, 4.69) is 25.8 Å². The largest absolute Gasteiger partial charge is 0.360 e. The molecule has 0 atom stereocenters. The lowest BCUT2D eigenvalue weighted by molar-refractivity contribution is 0.400. The topological polar surface area (TPSA) is 75.9 Å². The van der Waals surface area contributed by atoms with Gasteiger partial charge in [0.05, 0.1) is 10.0 Å². The molecule has 0 aliphatic heterocycles. The van der Waals surface area contributed by atoms with Gasteiger partial charge in [-0.15, -0.1) is 0 Å². The Balaban J connectivity index is 1.83. The molecular weight excluding hydrogens is 337 g/mol. The van der Waals surface area contributed by atoms with E-state index in [4.69, 9.17) is 27.7 Å². The Morgan fingerprint density at radius 3 is 2.26 bits per heavy atom. The maximum absolute atomic E-state index is 6.02. The lowest BCUT2D eigenvalue weighted by atomic mass is 10.3. The van der Waals surface area contributed by atoms with E-state index in [1.54, 1.807) is 31.2 Å². The van der Waals surface area contributed by atoms with Gasteiger partial charge in [-0.2, -0.15) is 0 Å². The third-order valence-electron chi connectivity index (χ3n) is 2.91. The van der Waals surface area contributed by atoms with Crippen molar-refractivity contribution in [1.82, 2.24) is 15.1 Å². The van der Waals surface area contributed by atoms with Crippen LogP contribution in [-0.4, -0.2) is 15.1 Å². The number of nitrogens with zero attached hydrogens (tertiary/aromatic N) is 3. The fourth-order valence-electron chi connectivity index (χ4n) is 1.97. The molecule has 2 heterocycles. The predicted molar refractivity (Wildman–Crippen MR) is 91.0 cm³/mol. The molecule has 0 radical (unpaired) electrons. The number of aromatic nitrogens is 3. The molecule has 23 heavy (non-hydrogen) atoms. The SMILES string of the molecule is Cc1nc(Nc2ccc(Cl)c(Cl)c2)cc(Nc2cc(C)on2)n1. The van der Waals surface area contributed by atoms with Crippen LogP contribution in [-0.2, 0) is 0 Å². The van der Waals surface area contributed by atoms with E-state index >= 15 is 0 Å². The molecule has 0 spiro atoms. The van der Waals surface area contributed by atoms with Crippen molar-refractivity contribution >= 4 is 46.3 Å². The molecule has 3 rings (SSSR count). The first-order valence-corrected chi connectivity index (χ1v) is 7.53. The van der Waals surface area contributed by atoms with Crippen molar-refractivity contribution in [2.45, 2.75) is 13.8 Å². The van der Waals surface area contributed by atoms with E-state index in [0.717, 1.165) is 5.69 Å². The number of hydrogen-bond acceptors (Lipinski definition) is 6. The normalized spacial score (nSPS) is 10.6. The van der Waals surface area contributed by atoms with Crippen LogP contribution in [0, 0.1) is 13.8 Å². The maximum atomic E-state index is 6.02. The van der Waals surface area contributed by atoms with Gasteiger partial charge >= 0.3 is 0 Å². The first-order chi connectivity index (χ1) is 11.0. The quantitative estimate of drug-likeness (QED) is 0.699. The molecule has 2 aromatic heterocycles. The molecule has 118 valence electrons. The van der Waals surface area contributed by atoms with E-state index < -0.39 is 0 Å². The van der Waals surface area contributed by atoms with Gasteiger partial charge in [0.2, 0.25) is 0 Å². The monoisotopic (exact) mass is 349 g/mol. The molecule has 0 amide bonds. The van der Waals surface area contributed by atoms with Crippen LogP contribution in [0.1, 0.15) is 11.6 Å². The highest BCUT2D eigenvalue weighted by molar-refractivity contribution is 6.42. The van der Waals surface area contributed by atoms with Gasteiger partial charge in [-0.1, -0.05) is 28.4 Å². The second-order valence-electron chi connectivity index (χ2n) is 4.89. The van der Waals surface area contributed by atoms with Crippen molar-refractivity contribution in [3.05, 3.63) is 52.0 Å². The highest BCUT2D eigenvalue weighted by Crippen LogP contribution is 2.27. The number of anilines is 4. The molecule has 0 saturated carbocycles. The summed E-state index contributed by atoms with van der Waals surface area (Å²) in [5, 5.41) is 11.1. The summed E-state index contributed by atoms with van der Waals surface area (Å²) in [5.41, 5.74) is 0.778. The van der Waals surface area contributed by atoms with Crippen LogP contribution in [0.3, 0.4) is 0 Å². The van der Waals surface area contributed by atoms with Crippen LogP contribution in [0.15, 0.2) is 34.9 Å². The maximum Gasteiger partial charge on any atom is 0.175 e. The molecule has 0 saturated heterocycles. The summed E-state index contributed by atoms with van der Waals surface area (Å²) in [6, 6.07) is 8.82. The van der Waals surface area contributed by atoms with Gasteiger partial charge in [-0.05, 0) is 32.0 Å². The summed E-state index contributed by atoms with van der Waals surface area (Å²) >= 11 is 11.9. The van der Waals surface area contributed by atoms with Crippen LogP contribution < -0.4 is 10.6 Å². The zero-order valence-corrected chi connectivity index (χ0v) is 13.9. The molecule has 2 N–H and O–H groups in total. The van der Waals surface area contributed by atoms with Crippen LogP contribution in [0.5, 0.6) is 0 Å². The zero-order valence-electron chi connectivity index (χ0n) is 12.4. The van der Waals surface area contributed by atoms with Crippen LogP contribution in [0.25, 0.3) is 0 Å². The van der Waals surface area contributed by atoms with Crippen molar-refractivity contribution in [1.29, 1.82) is 0 Å². The van der Waals surface area contributed by atoms with E-state index in [1.807, 2.05) is 13.0 Å². The second-order valence-corrected chi connectivity index (χ2v) is 5.70. The first-order valence-electron chi connectivity index (χ1n) is 6.78. The lowest BCUT2D eigenvalue weighted by Crippen LogP contribution is -2.01. The molecular formula is C15H13Cl2N5O.